The zero-order chi connectivity index (χ0) is 7.70. The van der Waals surface area contributed by atoms with Crippen molar-refractivity contribution in [1.29, 1.82) is 0 Å². The molecule has 10 heavy (non-hydrogen) atoms. The first-order chi connectivity index (χ1) is 4.15. The fourth-order valence-electron chi connectivity index (χ4n) is 0.289. The number of nitrogens with two attached hydrogens (primary N) is 1. The van der Waals surface area contributed by atoms with Crippen LogP contribution in [-0.4, -0.2) is 4.32 Å². The number of thiol groups is 1. The van der Waals surface area contributed by atoms with E-state index in [9.17, 15) is 0 Å². The molecule has 55 valence electrons. The van der Waals surface area contributed by atoms with Crippen LogP contribution in [0.15, 0.2) is 0 Å². The SMILES string of the molecule is C[CH2][La][CH2]C.NC(=S)S.[Zn]. The second-order valence-electron chi connectivity index (χ2n) is 1.44. The van der Waals surface area contributed by atoms with Crippen molar-refractivity contribution >= 4 is 29.2 Å². The van der Waals surface area contributed by atoms with Gasteiger partial charge in [-0.25, -0.2) is 0 Å². The molecule has 1 nitrogen and oxygen atoms in total. The Labute approximate surface area is 104 Å². The van der Waals surface area contributed by atoms with Gasteiger partial charge in [-0.05, 0) is 0 Å². The molecule has 0 aromatic carbocycles. The molecule has 0 aliphatic heterocycles. The maximum absolute atomic E-state index is 4.71. The number of hydrogen-bond donors (Lipinski definition) is 2. The van der Waals surface area contributed by atoms with Crippen molar-refractivity contribution in [3.05, 3.63) is 0 Å². The molecular weight excluding hydrogens is 342 g/mol. The number of thiocarbonyl (C=S) groups is 1. The zero-order valence-corrected chi connectivity index (χ0v) is 14.9. The Morgan fingerprint density at radius 1 is 1.50 bits per heavy atom. The second-order valence-corrected chi connectivity index (χ2v) is 9.61. The Kier molecular flexibility index (Phi) is 31.0. The Morgan fingerprint density at radius 3 is 1.70 bits per heavy atom. The Morgan fingerprint density at radius 2 is 1.70 bits per heavy atom. The fraction of sp³-hybridized carbons (Fsp3) is 0.800. The minimum atomic E-state index is -0.0463. The zero-order valence-electron chi connectivity index (χ0n) is 6.63. The van der Waals surface area contributed by atoms with Gasteiger partial charge in [0.1, 0.15) is 4.32 Å². The molecule has 0 saturated carbocycles. The first-order valence-electron chi connectivity index (χ1n) is 2.95. The molecule has 0 unspecified atom stereocenters. The predicted molar refractivity (Wildman–Crippen MR) is 46.7 cm³/mol. The van der Waals surface area contributed by atoms with E-state index in [2.05, 4.69) is 38.7 Å². The van der Waals surface area contributed by atoms with Gasteiger partial charge < -0.3 is 5.73 Å². The van der Waals surface area contributed by atoms with E-state index in [1.807, 2.05) is 0 Å². The smallest absolute Gasteiger partial charge is 0.128 e. The van der Waals surface area contributed by atoms with E-state index in [1.165, 1.54) is 0 Å². The van der Waals surface area contributed by atoms with Gasteiger partial charge in [0.15, 0.2) is 0 Å². The summed E-state index contributed by atoms with van der Waals surface area (Å²) in [4.78, 5) is 0. The molecular formula is C5H13LaNS2Zn. The van der Waals surface area contributed by atoms with E-state index in [1.54, 1.807) is 5.65 Å². The van der Waals surface area contributed by atoms with Crippen LogP contribution < -0.4 is 5.73 Å². The van der Waals surface area contributed by atoms with Gasteiger partial charge in [-0.15, -0.1) is 12.6 Å². The molecule has 0 fully saturated rings. The van der Waals surface area contributed by atoms with Crippen molar-refractivity contribution in [2.75, 3.05) is 0 Å². The monoisotopic (exact) mass is 354 g/mol. The van der Waals surface area contributed by atoms with E-state index >= 15 is 0 Å². The standard InChI is InChI=1S/2C2H5.CH3NS2.La.Zn/c2*1-2;2-1(3)4;;/h2*1H2,2H3;(H3,2,3,4);;. The van der Waals surface area contributed by atoms with Gasteiger partial charge in [0, 0.05) is 19.5 Å². The summed E-state index contributed by atoms with van der Waals surface area (Å²) in [6.07, 6.45) is 0. The third-order valence-electron chi connectivity index (χ3n) is 0.577. The van der Waals surface area contributed by atoms with Gasteiger partial charge >= 0.3 is 51.4 Å². The number of hydrogen-bond acceptors (Lipinski definition) is 1. The van der Waals surface area contributed by atoms with E-state index in [-0.39, 0.29) is 55.7 Å². The Balaban J connectivity index is -0.0000000910. The topological polar surface area (TPSA) is 26.0 Å². The Bertz CT molecular complexity index is 66.7. The average Bonchev–Trinajstić information content (AvgIpc) is 1.66. The van der Waals surface area contributed by atoms with Gasteiger partial charge in [0.2, 0.25) is 0 Å². The maximum atomic E-state index is 4.71. The van der Waals surface area contributed by atoms with Crippen LogP contribution in [0.5, 0.6) is 0 Å². The van der Waals surface area contributed by atoms with Crippen LogP contribution in [0.25, 0.3) is 0 Å². The van der Waals surface area contributed by atoms with Crippen molar-refractivity contribution in [3.8, 4) is 0 Å². The molecule has 0 saturated heterocycles. The fourth-order valence-corrected chi connectivity index (χ4v) is 2.10. The molecule has 0 aromatic heterocycles. The first-order valence-corrected chi connectivity index (χ1v) is 8.93. The molecule has 0 bridgehead atoms. The molecule has 0 radical (unpaired) electrons. The average molecular weight is 356 g/mol. The maximum Gasteiger partial charge on any atom is 0.128 e. The summed E-state index contributed by atoms with van der Waals surface area (Å²) in [5.41, 5.74) is 4.71. The number of rotatable bonds is 2. The quantitative estimate of drug-likeness (QED) is 0.451. The first kappa shape index (κ1) is 18.0. The molecule has 0 aliphatic rings. The van der Waals surface area contributed by atoms with Crippen molar-refractivity contribution in [3.63, 3.8) is 0 Å². The predicted octanol–water partition coefficient (Wildman–Crippen LogP) is 2.11. The van der Waals surface area contributed by atoms with Crippen LogP contribution in [0.2, 0.25) is 5.65 Å². The largest absolute Gasteiger partial charge is 0.385 e. The molecule has 0 heterocycles. The summed E-state index contributed by atoms with van der Waals surface area (Å²) in [7, 11) is 0. The molecule has 0 rings (SSSR count). The van der Waals surface area contributed by atoms with Crippen LogP contribution in [0.3, 0.4) is 0 Å². The second kappa shape index (κ2) is 17.2. The van der Waals surface area contributed by atoms with E-state index in [4.69, 9.17) is 5.73 Å². The van der Waals surface area contributed by atoms with Crippen LogP contribution in [0.4, 0.5) is 0 Å². The summed E-state index contributed by atoms with van der Waals surface area (Å²) >= 11 is 7.61. The molecule has 0 spiro atoms. The third-order valence-corrected chi connectivity index (χ3v) is 4.20. The van der Waals surface area contributed by atoms with Crippen LogP contribution in [-0.2, 0) is 19.5 Å². The molecule has 0 amide bonds. The third kappa shape index (κ3) is 50.1. The van der Waals surface area contributed by atoms with Gasteiger partial charge in [-0.1, -0.05) is 12.2 Å². The van der Waals surface area contributed by atoms with Gasteiger partial charge in [-0.2, -0.15) is 0 Å². The van der Waals surface area contributed by atoms with Crippen molar-refractivity contribution in [2.24, 2.45) is 5.73 Å². The van der Waals surface area contributed by atoms with Gasteiger partial charge in [0.05, 0.1) is 0 Å². The summed E-state index contributed by atoms with van der Waals surface area (Å²) in [6, 6.07) is 0. The van der Waals surface area contributed by atoms with E-state index < -0.39 is 0 Å². The summed E-state index contributed by atoms with van der Waals surface area (Å²) < 4.78 is 3.30. The molecule has 2 N–H and O–H groups in total. The minimum absolute atomic E-state index is 0. The molecule has 0 atom stereocenters. The summed E-state index contributed by atoms with van der Waals surface area (Å²) in [5, 5.41) is 0. The van der Waals surface area contributed by atoms with Crippen molar-refractivity contribution in [2.45, 2.75) is 19.5 Å². The Hall–Kier alpha value is 2.06. The van der Waals surface area contributed by atoms with E-state index in [0.29, 0.717) is 0 Å². The van der Waals surface area contributed by atoms with Gasteiger partial charge in [-0.3, -0.25) is 0 Å². The van der Waals surface area contributed by atoms with E-state index in [0.717, 1.165) is 0 Å². The van der Waals surface area contributed by atoms with Crippen LogP contribution >= 0.6 is 24.8 Å². The molecule has 0 aliphatic carbocycles. The van der Waals surface area contributed by atoms with Gasteiger partial charge in [0.25, 0.3) is 0 Å². The normalized spacial score (nSPS) is 5.90. The summed E-state index contributed by atoms with van der Waals surface area (Å²) in [6.45, 7) is 4.61. The summed E-state index contributed by atoms with van der Waals surface area (Å²) in [5.74, 6) is 0. The molecule has 0 aromatic rings. The van der Waals surface area contributed by atoms with Crippen LogP contribution in [0.1, 0.15) is 13.8 Å². The minimum Gasteiger partial charge on any atom is -0.385 e. The molecule has 5 heteroatoms. The van der Waals surface area contributed by atoms with Crippen molar-refractivity contribution < 1.29 is 51.3 Å². The van der Waals surface area contributed by atoms with Crippen LogP contribution in [0, 0.1) is 31.9 Å². The van der Waals surface area contributed by atoms with Crippen molar-refractivity contribution in [1.82, 2.24) is 0 Å².